The molecule has 2 aromatic carbocycles. The fraction of sp³-hybridized carbons (Fsp3) is 0.458. The molecule has 1 saturated heterocycles. The van der Waals surface area contributed by atoms with Crippen molar-refractivity contribution in [1.82, 2.24) is 25.1 Å². The summed E-state index contributed by atoms with van der Waals surface area (Å²) in [4.78, 5) is 4.58. The van der Waals surface area contributed by atoms with Crippen molar-refractivity contribution in [2.45, 2.75) is 38.8 Å². The number of piperazine rings is 1. The van der Waals surface area contributed by atoms with Crippen LogP contribution < -0.4 is 9.64 Å². The number of hydrogen-bond acceptors (Lipinski definition) is 6. The van der Waals surface area contributed by atoms with Gasteiger partial charge in [-0.2, -0.15) is 0 Å². The summed E-state index contributed by atoms with van der Waals surface area (Å²) < 4.78 is 21.4. The van der Waals surface area contributed by atoms with Crippen molar-refractivity contribution in [2.24, 2.45) is 0 Å². The number of benzene rings is 2. The number of rotatable bonds is 9. The van der Waals surface area contributed by atoms with Crippen LogP contribution in [0.25, 0.3) is 0 Å². The van der Waals surface area contributed by atoms with Crippen LogP contribution in [0.5, 0.6) is 5.75 Å². The third-order valence-corrected chi connectivity index (χ3v) is 6.13. The van der Waals surface area contributed by atoms with Crippen molar-refractivity contribution in [3.63, 3.8) is 0 Å². The molecule has 0 amide bonds. The molecule has 1 fully saturated rings. The molecule has 32 heavy (non-hydrogen) atoms. The van der Waals surface area contributed by atoms with Crippen molar-refractivity contribution in [2.75, 3.05) is 38.2 Å². The van der Waals surface area contributed by atoms with Gasteiger partial charge < -0.3 is 9.64 Å². The molecule has 0 saturated carbocycles. The van der Waals surface area contributed by atoms with E-state index in [2.05, 4.69) is 32.2 Å². The summed E-state index contributed by atoms with van der Waals surface area (Å²) in [5.41, 5.74) is 1.81. The molecule has 0 bridgehead atoms. The van der Waals surface area contributed by atoms with Gasteiger partial charge in [0.25, 0.3) is 0 Å². The highest BCUT2D eigenvalue weighted by molar-refractivity contribution is 5.48. The van der Waals surface area contributed by atoms with Crippen LogP contribution in [-0.4, -0.2) is 58.4 Å². The van der Waals surface area contributed by atoms with Gasteiger partial charge in [-0.3, -0.25) is 4.90 Å². The lowest BCUT2D eigenvalue weighted by atomic mass is 10.1. The quantitative estimate of drug-likeness (QED) is 0.505. The van der Waals surface area contributed by atoms with E-state index in [-0.39, 0.29) is 11.9 Å². The number of halogens is 1. The topological polar surface area (TPSA) is 59.3 Å². The Bertz CT molecular complexity index is 984. The zero-order valence-electron chi connectivity index (χ0n) is 18.8. The largest absolute Gasteiger partial charge is 0.497 e. The number of methoxy groups -OCH3 is 1. The highest BCUT2D eigenvalue weighted by atomic mass is 19.1. The van der Waals surface area contributed by atoms with Crippen molar-refractivity contribution >= 4 is 5.69 Å². The van der Waals surface area contributed by atoms with Gasteiger partial charge in [0.2, 0.25) is 0 Å². The van der Waals surface area contributed by atoms with Crippen LogP contribution >= 0.6 is 0 Å². The molecule has 0 N–H and O–H groups in total. The third-order valence-electron chi connectivity index (χ3n) is 6.13. The first-order valence-corrected chi connectivity index (χ1v) is 11.3. The first-order chi connectivity index (χ1) is 15.7. The highest BCUT2D eigenvalue weighted by Crippen LogP contribution is 2.28. The Morgan fingerprint density at radius 1 is 1.03 bits per heavy atom. The van der Waals surface area contributed by atoms with E-state index in [1.165, 1.54) is 6.07 Å². The van der Waals surface area contributed by atoms with Crippen LogP contribution in [0.3, 0.4) is 0 Å². The third kappa shape index (κ3) is 5.07. The molecule has 7 nitrogen and oxygen atoms in total. The second-order valence-corrected chi connectivity index (χ2v) is 8.18. The summed E-state index contributed by atoms with van der Waals surface area (Å²) in [5.74, 6) is 1.57. The Hall–Kier alpha value is -3.00. The van der Waals surface area contributed by atoms with Crippen LogP contribution in [0.1, 0.15) is 43.6 Å². The average Bonchev–Trinajstić information content (AvgIpc) is 3.28. The molecule has 0 aliphatic carbocycles. The molecule has 1 atom stereocenters. The van der Waals surface area contributed by atoms with Gasteiger partial charge in [0, 0.05) is 26.2 Å². The molecule has 0 radical (unpaired) electrons. The van der Waals surface area contributed by atoms with Gasteiger partial charge in [-0.05, 0) is 46.7 Å². The lowest BCUT2D eigenvalue weighted by Gasteiger charge is -2.39. The van der Waals surface area contributed by atoms with Crippen molar-refractivity contribution < 1.29 is 9.13 Å². The standard InChI is InChI=1S/C24H31FN6O/c1-3-4-8-23(30-16-14-29(15-17-30)22-9-6-5-7-21(22)25)24-26-27-28-31(24)18-19-10-12-20(32-2)13-11-19/h5-7,9-13,23H,3-4,8,14-18H2,1-2H3/t23-/m1/s1. The first-order valence-electron chi connectivity index (χ1n) is 11.3. The van der Waals surface area contributed by atoms with Gasteiger partial charge in [-0.15, -0.1) is 5.10 Å². The van der Waals surface area contributed by atoms with E-state index in [1.807, 2.05) is 41.1 Å². The minimum atomic E-state index is -0.160. The smallest absolute Gasteiger partial charge is 0.168 e. The summed E-state index contributed by atoms with van der Waals surface area (Å²) in [6.07, 6.45) is 3.22. The van der Waals surface area contributed by atoms with E-state index >= 15 is 0 Å². The van der Waals surface area contributed by atoms with Crippen LogP contribution in [0.4, 0.5) is 10.1 Å². The van der Waals surface area contributed by atoms with Gasteiger partial charge in [-0.25, -0.2) is 9.07 Å². The summed E-state index contributed by atoms with van der Waals surface area (Å²) in [6, 6.07) is 15.1. The SMILES string of the molecule is CCCC[C@H](c1nnnn1Cc1ccc(OC)cc1)N1CCN(c2ccccc2F)CC1. The molecule has 170 valence electrons. The van der Waals surface area contributed by atoms with Gasteiger partial charge in [0.1, 0.15) is 11.6 Å². The first kappa shape index (κ1) is 22.2. The van der Waals surface area contributed by atoms with Gasteiger partial charge in [-0.1, -0.05) is 44.0 Å². The van der Waals surface area contributed by atoms with Crippen LogP contribution in [0.2, 0.25) is 0 Å². The Morgan fingerprint density at radius 3 is 2.47 bits per heavy atom. The van der Waals surface area contributed by atoms with Crippen LogP contribution in [0, 0.1) is 5.82 Å². The average molecular weight is 439 g/mol. The number of tetrazole rings is 1. The Morgan fingerprint density at radius 2 is 1.78 bits per heavy atom. The van der Waals surface area contributed by atoms with E-state index in [0.29, 0.717) is 12.2 Å². The summed E-state index contributed by atoms with van der Waals surface area (Å²) in [5, 5.41) is 12.7. The number of unbranched alkanes of at least 4 members (excludes halogenated alkanes) is 1. The molecule has 0 unspecified atom stereocenters. The maximum absolute atomic E-state index is 14.2. The molecule has 1 aliphatic heterocycles. The Labute approximate surface area is 188 Å². The minimum Gasteiger partial charge on any atom is -0.497 e. The Balaban J connectivity index is 1.48. The molecule has 1 aromatic heterocycles. The van der Waals surface area contributed by atoms with Crippen LogP contribution in [-0.2, 0) is 6.54 Å². The number of anilines is 1. The van der Waals surface area contributed by atoms with Crippen molar-refractivity contribution in [3.05, 3.63) is 65.7 Å². The summed E-state index contributed by atoms with van der Waals surface area (Å²) in [7, 11) is 1.67. The van der Waals surface area contributed by atoms with E-state index in [1.54, 1.807) is 13.2 Å². The minimum absolute atomic E-state index is 0.144. The van der Waals surface area contributed by atoms with E-state index in [4.69, 9.17) is 4.74 Å². The molecular formula is C24H31FN6O. The predicted octanol–water partition coefficient (Wildman–Crippen LogP) is 3.92. The molecule has 1 aliphatic rings. The Kier molecular flexibility index (Phi) is 7.32. The van der Waals surface area contributed by atoms with E-state index in [9.17, 15) is 4.39 Å². The van der Waals surface area contributed by atoms with E-state index < -0.39 is 0 Å². The number of para-hydroxylation sites is 1. The van der Waals surface area contributed by atoms with Gasteiger partial charge >= 0.3 is 0 Å². The summed E-state index contributed by atoms with van der Waals surface area (Å²) >= 11 is 0. The lowest BCUT2D eigenvalue weighted by Crippen LogP contribution is -2.48. The molecule has 4 rings (SSSR count). The lowest BCUT2D eigenvalue weighted by molar-refractivity contribution is 0.162. The number of ether oxygens (including phenoxy) is 1. The monoisotopic (exact) mass is 438 g/mol. The highest BCUT2D eigenvalue weighted by Gasteiger charge is 2.29. The molecule has 8 heteroatoms. The second-order valence-electron chi connectivity index (χ2n) is 8.18. The zero-order valence-corrected chi connectivity index (χ0v) is 18.8. The molecule has 0 spiro atoms. The van der Waals surface area contributed by atoms with Crippen molar-refractivity contribution in [3.8, 4) is 5.75 Å². The predicted molar refractivity (Wildman–Crippen MR) is 122 cm³/mol. The van der Waals surface area contributed by atoms with Crippen LogP contribution in [0.15, 0.2) is 48.5 Å². The fourth-order valence-electron chi connectivity index (χ4n) is 4.32. The zero-order chi connectivity index (χ0) is 22.3. The van der Waals surface area contributed by atoms with Gasteiger partial charge in [0.05, 0.1) is 25.4 Å². The van der Waals surface area contributed by atoms with E-state index in [0.717, 1.165) is 62.6 Å². The normalized spacial score (nSPS) is 15.7. The maximum atomic E-state index is 14.2. The van der Waals surface area contributed by atoms with Gasteiger partial charge in [0.15, 0.2) is 5.82 Å². The molecule has 3 aromatic rings. The summed E-state index contributed by atoms with van der Waals surface area (Å²) in [6.45, 7) is 6.07. The molecular weight excluding hydrogens is 407 g/mol. The fourth-order valence-corrected chi connectivity index (χ4v) is 4.32. The molecule has 2 heterocycles. The second kappa shape index (κ2) is 10.5. The van der Waals surface area contributed by atoms with Crippen molar-refractivity contribution in [1.29, 1.82) is 0 Å². The maximum Gasteiger partial charge on any atom is 0.168 e. The number of hydrogen-bond donors (Lipinski definition) is 0. The number of aromatic nitrogens is 4. The number of nitrogens with zero attached hydrogens (tertiary/aromatic N) is 6.